The van der Waals surface area contributed by atoms with Crippen LogP contribution in [0.2, 0.25) is 0 Å². The number of hydrogen-bond acceptors (Lipinski definition) is 4. The average molecular weight is 323 g/mol. The monoisotopic (exact) mass is 323 g/mol. The van der Waals surface area contributed by atoms with Gasteiger partial charge in [0.15, 0.2) is 5.82 Å². The van der Waals surface area contributed by atoms with E-state index in [-0.39, 0.29) is 5.91 Å². The number of aromatic amines is 1. The van der Waals surface area contributed by atoms with E-state index in [1.165, 1.54) is 38.5 Å². The lowest BCUT2D eigenvalue weighted by Crippen LogP contribution is -2.45. The van der Waals surface area contributed by atoms with Gasteiger partial charge in [0.25, 0.3) is 5.91 Å². The summed E-state index contributed by atoms with van der Waals surface area (Å²) in [5, 5.41) is 20.5. The quantitative estimate of drug-likeness (QED) is 0.747. The molecule has 6 heteroatoms. The van der Waals surface area contributed by atoms with Gasteiger partial charge in [0.05, 0.1) is 0 Å². The predicted octanol–water partition coefficient (Wildman–Crippen LogP) is 3.04. The smallest absolute Gasteiger partial charge is 0.257 e. The number of H-pyrrole nitrogens is 1. The minimum Gasteiger partial charge on any atom is -0.380 e. The number of carbonyl (C=O) groups excluding carboxylic acids is 1. The van der Waals surface area contributed by atoms with E-state index in [9.17, 15) is 9.90 Å². The number of rotatable bonds is 3. The third-order valence-electron chi connectivity index (χ3n) is 4.88. The van der Waals surface area contributed by atoms with Crippen LogP contribution in [0.4, 0.5) is 5.82 Å². The molecule has 5 nitrogen and oxygen atoms in total. The van der Waals surface area contributed by atoms with Crippen LogP contribution >= 0.6 is 11.8 Å². The van der Waals surface area contributed by atoms with Crippen molar-refractivity contribution in [2.75, 3.05) is 16.8 Å². The van der Waals surface area contributed by atoms with Crippen molar-refractivity contribution in [2.24, 2.45) is 0 Å². The average Bonchev–Trinajstić information content (AvgIpc) is 2.81. The maximum absolute atomic E-state index is 12.3. The molecule has 22 heavy (non-hydrogen) atoms. The van der Waals surface area contributed by atoms with Crippen LogP contribution in [-0.4, -0.2) is 38.3 Å². The predicted molar refractivity (Wildman–Crippen MR) is 89.2 cm³/mol. The maximum atomic E-state index is 12.3. The first-order valence-electron chi connectivity index (χ1n) is 8.34. The van der Waals surface area contributed by atoms with Gasteiger partial charge in [-0.05, 0) is 37.2 Å². The minimum atomic E-state index is -1.23. The zero-order valence-corrected chi connectivity index (χ0v) is 13.8. The number of nitrogens with zero attached hydrogens (tertiary/aromatic N) is 1. The van der Waals surface area contributed by atoms with Gasteiger partial charge in [-0.25, -0.2) is 0 Å². The van der Waals surface area contributed by atoms with Crippen molar-refractivity contribution in [1.82, 2.24) is 10.2 Å². The molecule has 3 rings (SSSR count). The first-order valence-corrected chi connectivity index (χ1v) is 9.50. The van der Waals surface area contributed by atoms with Gasteiger partial charge in [0, 0.05) is 17.7 Å². The van der Waals surface area contributed by atoms with E-state index in [0.717, 1.165) is 17.2 Å². The highest BCUT2D eigenvalue weighted by Crippen LogP contribution is 2.32. The summed E-state index contributed by atoms with van der Waals surface area (Å²) in [6.45, 7) is 0. The number of carbonyl (C=O) groups is 1. The standard InChI is InChI=1S/C16H25N3O2S/c20-15(16(21)7-9-22-10-8-16)17-14-11-13(18-19-14)12-5-3-1-2-4-6-12/h11-12,21H,1-10H2,(H2,17,18,19,20). The lowest BCUT2D eigenvalue weighted by atomic mass is 9.95. The van der Waals surface area contributed by atoms with Crippen LogP contribution in [0.5, 0.6) is 0 Å². The lowest BCUT2D eigenvalue weighted by Gasteiger charge is -2.29. The molecule has 122 valence electrons. The Morgan fingerprint density at radius 3 is 2.64 bits per heavy atom. The van der Waals surface area contributed by atoms with Crippen molar-refractivity contribution in [3.05, 3.63) is 11.8 Å². The van der Waals surface area contributed by atoms with Crippen LogP contribution in [-0.2, 0) is 4.79 Å². The summed E-state index contributed by atoms with van der Waals surface area (Å²) in [6, 6.07) is 1.94. The molecule has 2 aliphatic rings. The molecule has 3 N–H and O–H groups in total. The molecule has 1 aliphatic heterocycles. The molecule has 0 aromatic carbocycles. The molecule has 1 saturated carbocycles. The maximum Gasteiger partial charge on any atom is 0.257 e. The molecule has 1 saturated heterocycles. The number of aliphatic hydroxyl groups is 1. The Bertz CT molecular complexity index is 503. The van der Waals surface area contributed by atoms with Gasteiger partial charge in [0.2, 0.25) is 0 Å². The summed E-state index contributed by atoms with van der Waals surface area (Å²) < 4.78 is 0. The first-order chi connectivity index (χ1) is 10.7. The number of amides is 1. The highest BCUT2D eigenvalue weighted by molar-refractivity contribution is 7.99. The second-order valence-corrected chi connectivity index (χ2v) is 7.72. The Morgan fingerprint density at radius 2 is 1.95 bits per heavy atom. The van der Waals surface area contributed by atoms with Crippen LogP contribution in [0.1, 0.15) is 63.0 Å². The second kappa shape index (κ2) is 7.04. The molecule has 1 aliphatic carbocycles. The Morgan fingerprint density at radius 1 is 1.27 bits per heavy atom. The normalized spacial score (nSPS) is 23.0. The molecular formula is C16H25N3O2S. The molecular weight excluding hydrogens is 298 g/mol. The van der Waals surface area contributed by atoms with Gasteiger partial charge < -0.3 is 10.4 Å². The van der Waals surface area contributed by atoms with E-state index in [4.69, 9.17) is 0 Å². The summed E-state index contributed by atoms with van der Waals surface area (Å²) in [5.74, 6) is 2.41. The van der Waals surface area contributed by atoms with Crippen molar-refractivity contribution in [3.63, 3.8) is 0 Å². The van der Waals surface area contributed by atoms with E-state index in [1.807, 2.05) is 6.07 Å². The van der Waals surface area contributed by atoms with Crippen molar-refractivity contribution >= 4 is 23.5 Å². The van der Waals surface area contributed by atoms with Gasteiger partial charge in [-0.2, -0.15) is 16.9 Å². The van der Waals surface area contributed by atoms with Gasteiger partial charge in [0.1, 0.15) is 5.60 Å². The van der Waals surface area contributed by atoms with E-state index in [0.29, 0.717) is 24.6 Å². The number of anilines is 1. The summed E-state index contributed by atoms with van der Waals surface area (Å²) in [6.07, 6.45) is 8.59. The van der Waals surface area contributed by atoms with Crippen LogP contribution in [0.25, 0.3) is 0 Å². The summed E-state index contributed by atoms with van der Waals surface area (Å²) in [7, 11) is 0. The number of thioether (sulfide) groups is 1. The molecule has 0 bridgehead atoms. The summed E-state index contributed by atoms with van der Waals surface area (Å²) in [4.78, 5) is 12.3. The van der Waals surface area contributed by atoms with Crippen LogP contribution < -0.4 is 5.32 Å². The molecule has 0 radical (unpaired) electrons. The molecule has 0 spiro atoms. The highest BCUT2D eigenvalue weighted by atomic mass is 32.2. The fourth-order valence-corrected chi connectivity index (χ4v) is 4.54. The molecule has 0 atom stereocenters. The van der Waals surface area contributed by atoms with Gasteiger partial charge >= 0.3 is 0 Å². The fourth-order valence-electron chi connectivity index (χ4n) is 3.37. The van der Waals surface area contributed by atoms with Crippen molar-refractivity contribution in [2.45, 2.75) is 62.9 Å². The Kier molecular flexibility index (Phi) is 5.08. The first kappa shape index (κ1) is 15.9. The van der Waals surface area contributed by atoms with Gasteiger partial charge in [-0.1, -0.05) is 25.7 Å². The number of aromatic nitrogens is 2. The number of hydrogen-bond donors (Lipinski definition) is 3. The van der Waals surface area contributed by atoms with Crippen LogP contribution in [0.3, 0.4) is 0 Å². The topological polar surface area (TPSA) is 78.0 Å². The van der Waals surface area contributed by atoms with Crippen LogP contribution in [0.15, 0.2) is 6.07 Å². The third-order valence-corrected chi connectivity index (χ3v) is 5.86. The molecule has 1 amide bonds. The Balaban J connectivity index is 1.62. The second-order valence-electron chi connectivity index (χ2n) is 6.50. The summed E-state index contributed by atoms with van der Waals surface area (Å²) in [5.41, 5.74) is -0.115. The van der Waals surface area contributed by atoms with Crippen LogP contribution in [0, 0.1) is 0 Å². The Labute approximate surface area is 135 Å². The van der Waals surface area contributed by atoms with Gasteiger partial charge in [-0.3, -0.25) is 9.89 Å². The lowest BCUT2D eigenvalue weighted by molar-refractivity contribution is -0.134. The van der Waals surface area contributed by atoms with E-state index < -0.39 is 5.60 Å². The SMILES string of the molecule is O=C(Nc1cc(C2CCCCCC2)[nH]n1)C1(O)CCSCC1. The molecule has 1 aromatic heterocycles. The van der Waals surface area contributed by atoms with Crippen molar-refractivity contribution in [1.29, 1.82) is 0 Å². The Hall–Kier alpha value is -1.01. The summed E-state index contributed by atoms with van der Waals surface area (Å²) >= 11 is 1.78. The third kappa shape index (κ3) is 3.66. The molecule has 2 fully saturated rings. The molecule has 0 unspecified atom stereocenters. The number of nitrogens with one attached hydrogen (secondary N) is 2. The van der Waals surface area contributed by atoms with E-state index >= 15 is 0 Å². The van der Waals surface area contributed by atoms with E-state index in [2.05, 4.69) is 15.5 Å². The molecule has 1 aromatic rings. The fraction of sp³-hybridized carbons (Fsp3) is 0.750. The van der Waals surface area contributed by atoms with Gasteiger partial charge in [-0.15, -0.1) is 0 Å². The van der Waals surface area contributed by atoms with Crippen molar-refractivity contribution in [3.8, 4) is 0 Å². The molecule has 2 heterocycles. The van der Waals surface area contributed by atoms with E-state index in [1.54, 1.807) is 11.8 Å². The largest absolute Gasteiger partial charge is 0.380 e. The minimum absolute atomic E-state index is 0.313. The highest BCUT2D eigenvalue weighted by Gasteiger charge is 2.37. The zero-order chi connectivity index (χ0) is 15.4. The zero-order valence-electron chi connectivity index (χ0n) is 12.9. The van der Waals surface area contributed by atoms with Crippen molar-refractivity contribution < 1.29 is 9.90 Å².